The summed E-state index contributed by atoms with van der Waals surface area (Å²) in [5, 5.41) is 1.15. The highest BCUT2D eigenvalue weighted by atomic mass is 32.2. The summed E-state index contributed by atoms with van der Waals surface area (Å²) in [6.07, 6.45) is 2.53. The Balaban J connectivity index is 1.58. The minimum Gasteiger partial charge on any atom is -0.317 e. The van der Waals surface area contributed by atoms with E-state index in [9.17, 15) is 0 Å². The lowest BCUT2D eigenvalue weighted by molar-refractivity contribution is 0.269. The van der Waals surface area contributed by atoms with Gasteiger partial charge >= 0.3 is 0 Å². The van der Waals surface area contributed by atoms with Crippen molar-refractivity contribution in [2.75, 3.05) is 26.2 Å². The quantitative estimate of drug-likeness (QED) is 0.719. The van der Waals surface area contributed by atoms with Gasteiger partial charge in [-0.05, 0) is 63.5 Å². The van der Waals surface area contributed by atoms with Gasteiger partial charge in [-0.1, -0.05) is 26.0 Å². The molecule has 0 amide bonds. The van der Waals surface area contributed by atoms with Crippen LogP contribution in [0.4, 0.5) is 0 Å². The molecular weight excluding hydrogens is 304 g/mol. The summed E-state index contributed by atoms with van der Waals surface area (Å²) in [7, 11) is 0. The van der Waals surface area contributed by atoms with Gasteiger partial charge in [-0.15, -0.1) is 0 Å². The average Bonchev–Trinajstić information content (AvgIpc) is 2.96. The Morgan fingerprint density at radius 1 is 1.22 bits per heavy atom. The first-order valence-corrected chi connectivity index (χ1v) is 9.62. The first-order valence-electron chi connectivity index (χ1n) is 8.85. The van der Waals surface area contributed by atoms with E-state index >= 15 is 0 Å². The first-order chi connectivity index (χ1) is 11.2. The number of hydrogen-bond donors (Lipinski definition) is 0. The molecule has 0 saturated carbocycles. The van der Waals surface area contributed by atoms with Crippen molar-refractivity contribution in [2.45, 2.75) is 51.4 Å². The number of para-hydroxylation sites is 2. The van der Waals surface area contributed by atoms with Crippen molar-refractivity contribution >= 4 is 23.0 Å². The van der Waals surface area contributed by atoms with Crippen LogP contribution in [0.2, 0.25) is 0 Å². The van der Waals surface area contributed by atoms with Crippen LogP contribution in [0.3, 0.4) is 0 Å². The maximum absolute atomic E-state index is 4.80. The third-order valence-corrected chi connectivity index (χ3v) is 6.10. The zero-order valence-corrected chi connectivity index (χ0v) is 15.4. The van der Waals surface area contributed by atoms with E-state index in [1.165, 1.54) is 24.9 Å². The van der Waals surface area contributed by atoms with Crippen LogP contribution < -0.4 is 0 Å². The van der Waals surface area contributed by atoms with Crippen LogP contribution in [0.15, 0.2) is 29.4 Å². The maximum atomic E-state index is 4.80. The van der Waals surface area contributed by atoms with Crippen LogP contribution in [0.1, 0.15) is 33.6 Å². The lowest BCUT2D eigenvalue weighted by Crippen LogP contribution is -2.34. The Morgan fingerprint density at radius 3 is 2.78 bits per heavy atom. The van der Waals surface area contributed by atoms with E-state index in [1.54, 1.807) is 0 Å². The molecule has 0 radical (unpaired) electrons. The molecule has 126 valence electrons. The second-order valence-corrected chi connectivity index (χ2v) is 7.30. The number of benzene rings is 1. The smallest absolute Gasteiger partial charge is 0.184 e. The fourth-order valence-electron chi connectivity index (χ4n) is 3.29. The highest BCUT2D eigenvalue weighted by molar-refractivity contribution is 7.96. The number of imidazole rings is 1. The highest BCUT2D eigenvalue weighted by Crippen LogP contribution is 2.32. The van der Waals surface area contributed by atoms with Gasteiger partial charge in [-0.2, -0.15) is 0 Å². The number of fused-ring (bicyclic) bond motifs is 3. The fraction of sp³-hybridized carbons (Fsp3) is 0.611. The molecule has 0 spiro atoms. The van der Waals surface area contributed by atoms with E-state index < -0.39 is 0 Å². The van der Waals surface area contributed by atoms with Gasteiger partial charge in [0.1, 0.15) is 0 Å². The summed E-state index contributed by atoms with van der Waals surface area (Å²) in [5.74, 6) is 0. The van der Waals surface area contributed by atoms with Crippen molar-refractivity contribution in [2.24, 2.45) is 0 Å². The highest BCUT2D eigenvalue weighted by Gasteiger charge is 2.24. The molecule has 0 saturated heterocycles. The molecule has 1 aliphatic rings. The molecule has 0 bridgehead atoms. The molecule has 23 heavy (non-hydrogen) atoms. The minimum absolute atomic E-state index is 0.601. The second kappa shape index (κ2) is 7.69. The largest absolute Gasteiger partial charge is 0.317 e. The summed E-state index contributed by atoms with van der Waals surface area (Å²) in [6, 6.07) is 9.06. The normalized spacial score (nSPS) is 16.9. The maximum Gasteiger partial charge on any atom is 0.184 e. The molecule has 0 fully saturated rings. The Kier molecular flexibility index (Phi) is 5.62. The van der Waals surface area contributed by atoms with E-state index in [2.05, 4.69) is 58.8 Å². The number of nitrogens with zero attached hydrogens (tertiary/aromatic N) is 4. The summed E-state index contributed by atoms with van der Waals surface area (Å²) >= 11 is 1.83. The molecule has 2 aromatic rings. The lowest BCUT2D eigenvalue weighted by atomic mass is 10.1. The number of hydrogen-bond acceptors (Lipinski definition) is 4. The average molecular weight is 333 g/mol. The first kappa shape index (κ1) is 16.8. The van der Waals surface area contributed by atoms with Crippen LogP contribution >= 0.6 is 11.9 Å². The van der Waals surface area contributed by atoms with Gasteiger partial charge < -0.3 is 9.47 Å². The Bertz CT molecular complexity index is 635. The van der Waals surface area contributed by atoms with Gasteiger partial charge in [0.2, 0.25) is 0 Å². The van der Waals surface area contributed by atoms with Crippen LogP contribution in [0, 0.1) is 0 Å². The Labute approximate surface area is 144 Å². The van der Waals surface area contributed by atoms with Crippen molar-refractivity contribution in [3.8, 4) is 0 Å². The van der Waals surface area contributed by atoms with E-state index in [0.717, 1.165) is 36.9 Å². The predicted octanol–water partition coefficient (Wildman–Crippen LogP) is 3.87. The van der Waals surface area contributed by atoms with Crippen LogP contribution in [0.5, 0.6) is 0 Å². The fourth-order valence-corrected chi connectivity index (χ4v) is 4.39. The summed E-state index contributed by atoms with van der Waals surface area (Å²) in [6.45, 7) is 12.5. The molecule has 1 aromatic heterocycles. The van der Waals surface area contributed by atoms with Crippen molar-refractivity contribution in [1.29, 1.82) is 0 Å². The van der Waals surface area contributed by atoms with Gasteiger partial charge in [0.15, 0.2) is 5.16 Å². The van der Waals surface area contributed by atoms with Gasteiger partial charge in [0, 0.05) is 19.1 Å². The third kappa shape index (κ3) is 3.73. The molecule has 5 heteroatoms. The second-order valence-electron chi connectivity index (χ2n) is 6.28. The molecule has 2 heterocycles. The lowest BCUT2D eigenvalue weighted by Gasteiger charge is -2.32. The summed E-state index contributed by atoms with van der Waals surface area (Å²) in [5.41, 5.74) is 2.38. The molecule has 1 atom stereocenters. The molecule has 4 nitrogen and oxygen atoms in total. The summed E-state index contributed by atoms with van der Waals surface area (Å²) in [4.78, 5) is 7.31. The van der Waals surface area contributed by atoms with E-state index in [1.807, 2.05) is 11.9 Å². The van der Waals surface area contributed by atoms with Crippen molar-refractivity contribution in [3.63, 3.8) is 0 Å². The van der Waals surface area contributed by atoms with Crippen LogP contribution in [-0.2, 0) is 6.54 Å². The third-order valence-electron chi connectivity index (χ3n) is 4.84. The number of aromatic nitrogens is 2. The zero-order valence-electron chi connectivity index (χ0n) is 14.5. The Morgan fingerprint density at radius 2 is 2.00 bits per heavy atom. The molecule has 1 aromatic carbocycles. The standard InChI is InChI=1S/C18H28N4S/c1-4-20(5-2)12-8-9-15(3)22-14-13-21-17-11-7-6-10-16(17)19-18(21)23-22/h6-7,10-11,15H,4-5,8-9,12-14H2,1-3H3. The van der Waals surface area contributed by atoms with Gasteiger partial charge in [-0.3, -0.25) is 0 Å². The molecule has 1 unspecified atom stereocenters. The SMILES string of the molecule is CCN(CC)CCCC(C)N1CCn2c(nc3ccccc32)S1. The van der Waals surface area contributed by atoms with Gasteiger partial charge in [-0.25, -0.2) is 9.29 Å². The van der Waals surface area contributed by atoms with Crippen molar-refractivity contribution in [3.05, 3.63) is 24.3 Å². The molecule has 0 N–H and O–H groups in total. The van der Waals surface area contributed by atoms with Gasteiger partial charge in [0.05, 0.1) is 11.0 Å². The molecule has 1 aliphatic heterocycles. The summed E-state index contributed by atoms with van der Waals surface area (Å²) < 4.78 is 4.88. The van der Waals surface area contributed by atoms with Crippen molar-refractivity contribution in [1.82, 2.24) is 18.8 Å². The van der Waals surface area contributed by atoms with E-state index in [0.29, 0.717) is 6.04 Å². The number of rotatable bonds is 7. The van der Waals surface area contributed by atoms with Crippen molar-refractivity contribution < 1.29 is 0 Å². The minimum atomic E-state index is 0.601. The van der Waals surface area contributed by atoms with Crippen LogP contribution in [0.25, 0.3) is 11.0 Å². The monoisotopic (exact) mass is 332 g/mol. The topological polar surface area (TPSA) is 24.3 Å². The molecule has 3 rings (SSSR count). The van der Waals surface area contributed by atoms with Gasteiger partial charge in [0.25, 0.3) is 0 Å². The molecule has 0 aliphatic carbocycles. The zero-order chi connectivity index (χ0) is 16.2. The van der Waals surface area contributed by atoms with E-state index in [-0.39, 0.29) is 0 Å². The van der Waals surface area contributed by atoms with E-state index in [4.69, 9.17) is 4.98 Å². The molecular formula is C18H28N4S. The Hall–Kier alpha value is -1.04. The predicted molar refractivity (Wildman–Crippen MR) is 98.8 cm³/mol. The van der Waals surface area contributed by atoms with Crippen LogP contribution in [-0.4, -0.2) is 51.0 Å².